The van der Waals surface area contributed by atoms with Crippen LogP contribution in [-0.2, 0) is 6.42 Å². The molecule has 0 aliphatic heterocycles. The van der Waals surface area contributed by atoms with Crippen molar-refractivity contribution in [1.82, 2.24) is 0 Å². The van der Waals surface area contributed by atoms with E-state index in [1.807, 2.05) is 0 Å². The summed E-state index contributed by atoms with van der Waals surface area (Å²) in [6.45, 7) is 5.39. The highest BCUT2D eigenvalue weighted by Gasteiger charge is 1.99. The second kappa shape index (κ2) is 6.47. The van der Waals surface area contributed by atoms with Crippen LogP contribution < -0.4 is 5.32 Å². The molecule has 0 atom stereocenters. The monoisotopic (exact) mass is 191 g/mol. The highest BCUT2D eigenvalue weighted by atomic mass is 14.9. The second-order valence-electron chi connectivity index (χ2n) is 3.64. The molecule has 1 aromatic rings. The number of hydrogen-bond donors (Lipinski definition) is 1. The van der Waals surface area contributed by atoms with E-state index in [9.17, 15) is 0 Å². The molecule has 0 radical (unpaired) electrons. The summed E-state index contributed by atoms with van der Waals surface area (Å²) in [6.07, 6.45) is 5.14. The van der Waals surface area contributed by atoms with Gasteiger partial charge in [0.1, 0.15) is 0 Å². The summed E-state index contributed by atoms with van der Waals surface area (Å²) in [6, 6.07) is 8.63. The minimum atomic E-state index is 1.00. The summed E-state index contributed by atoms with van der Waals surface area (Å²) in [5, 5.41) is 3.40. The van der Waals surface area contributed by atoms with Crippen LogP contribution in [0.4, 0.5) is 5.69 Å². The molecule has 0 unspecified atom stereocenters. The van der Waals surface area contributed by atoms with Gasteiger partial charge in [0.25, 0.3) is 0 Å². The average molecular weight is 191 g/mol. The topological polar surface area (TPSA) is 12.0 Å². The molecule has 0 heterocycles. The van der Waals surface area contributed by atoms with E-state index in [4.69, 9.17) is 0 Å². The largest absolute Gasteiger partial charge is 0.385 e. The van der Waals surface area contributed by atoms with Crippen molar-refractivity contribution < 1.29 is 0 Å². The number of unbranched alkanes of at least 4 members (excludes halogenated alkanes) is 2. The van der Waals surface area contributed by atoms with Gasteiger partial charge in [-0.3, -0.25) is 0 Å². The Labute approximate surface area is 87.5 Å². The van der Waals surface area contributed by atoms with E-state index in [1.165, 1.54) is 36.9 Å². The first-order valence-electron chi connectivity index (χ1n) is 5.70. The fourth-order valence-electron chi connectivity index (χ4n) is 1.67. The highest BCUT2D eigenvalue weighted by Crippen LogP contribution is 2.17. The van der Waals surface area contributed by atoms with E-state index in [0.717, 1.165) is 6.54 Å². The Kier molecular flexibility index (Phi) is 5.13. The number of nitrogens with one attached hydrogen (secondary N) is 1. The lowest BCUT2D eigenvalue weighted by Gasteiger charge is -2.09. The van der Waals surface area contributed by atoms with Crippen molar-refractivity contribution in [2.45, 2.75) is 39.5 Å². The van der Waals surface area contributed by atoms with Crippen LogP contribution in [0.3, 0.4) is 0 Å². The maximum atomic E-state index is 3.40. The lowest BCUT2D eigenvalue weighted by Crippen LogP contribution is -2.00. The zero-order valence-electron chi connectivity index (χ0n) is 9.34. The normalized spacial score (nSPS) is 10.1. The van der Waals surface area contributed by atoms with Gasteiger partial charge in [-0.05, 0) is 31.4 Å². The molecule has 0 saturated heterocycles. The van der Waals surface area contributed by atoms with Crippen molar-refractivity contribution in [3.8, 4) is 0 Å². The van der Waals surface area contributed by atoms with Crippen molar-refractivity contribution >= 4 is 5.69 Å². The number of anilines is 1. The Morgan fingerprint density at radius 2 is 1.86 bits per heavy atom. The SMILES string of the molecule is CCCCCc1ccccc1NCC. The Morgan fingerprint density at radius 1 is 1.07 bits per heavy atom. The molecule has 0 spiro atoms. The van der Waals surface area contributed by atoms with E-state index in [2.05, 4.69) is 43.4 Å². The van der Waals surface area contributed by atoms with E-state index in [0.29, 0.717) is 0 Å². The molecular weight excluding hydrogens is 170 g/mol. The molecule has 1 aromatic carbocycles. The summed E-state index contributed by atoms with van der Waals surface area (Å²) in [4.78, 5) is 0. The third-order valence-corrected chi connectivity index (χ3v) is 2.43. The Bertz CT molecular complexity index is 255. The quantitative estimate of drug-likeness (QED) is 0.673. The lowest BCUT2D eigenvalue weighted by atomic mass is 10.1. The molecule has 1 N–H and O–H groups in total. The van der Waals surface area contributed by atoms with Gasteiger partial charge in [-0.15, -0.1) is 0 Å². The van der Waals surface area contributed by atoms with Gasteiger partial charge in [-0.1, -0.05) is 38.0 Å². The third-order valence-electron chi connectivity index (χ3n) is 2.43. The van der Waals surface area contributed by atoms with Crippen molar-refractivity contribution in [1.29, 1.82) is 0 Å². The molecule has 14 heavy (non-hydrogen) atoms. The molecule has 1 nitrogen and oxygen atoms in total. The average Bonchev–Trinajstić information content (AvgIpc) is 2.21. The summed E-state index contributed by atoms with van der Waals surface area (Å²) >= 11 is 0. The molecule has 0 aromatic heterocycles. The van der Waals surface area contributed by atoms with Gasteiger partial charge < -0.3 is 5.32 Å². The summed E-state index contributed by atoms with van der Waals surface area (Å²) in [5.41, 5.74) is 2.77. The van der Waals surface area contributed by atoms with Gasteiger partial charge in [0.2, 0.25) is 0 Å². The molecule has 0 amide bonds. The molecule has 0 aliphatic carbocycles. The van der Waals surface area contributed by atoms with Gasteiger partial charge in [-0.25, -0.2) is 0 Å². The van der Waals surface area contributed by atoms with Crippen LogP contribution in [0.1, 0.15) is 38.7 Å². The van der Waals surface area contributed by atoms with Crippen molar-refractivity contribution in [2.75, 3.05) is 11.9 Å². The number of para-hydroxylation sites is 1. The van der Waals surface area contributed by atoms with E-state index < -0.39 is 0 Å². The molecule has 0 aliphatic rings. The van der Waals surface area contributed by atoms with Gasteiger partial charge in [-0.2, -0.15) is 0 Å². The van der Waals surface area contributed by atoms with Crippen LogP contribution >= 0.6 is 0 Å². The highest BCUT2D eigenvalue weighted by molar-refractivity contribution is 5.50. The number of aryl methyl sites for hydroxylation is 1. The van der Waals surface area contributed by atoms with Crippen LogP contribution in [0, 0.1) is 0 Å². The minimum absolute atomic E-state index is 1.00. The van der Waals surface area contributed by atoms with Gasteiger partial charge in [0, 0.05) is 12.2 Å². The number of rotatable bonds is 6. The van der Waals surface area contributed by atoms with E-state index in [1.54, 1.807) is 0 Å². The molecule has 78 valence electrons. The second-order valence-corrected chi connectivity index (χ2v) is 3.64. The standard InChI is InChI=1S/C13H21N/c1-3-5-6-9-12-10-7-8-11-13(12)14-4-2/h7-8,10-11,14H,3-6,9H2,1-2H3. The van der Waals surface area contributed by atoms with Crippen molar-refractivity contribution in [2.24, 2.45) is 0 Å². The minimum Gasteiger partial charge on any atom is -0.385 e. The zero-order valence-corrected chi connectivity index (χ0v) is 9.34. The van der Waals surface area contributed by atoms with Gasteiger partial charge >= 0.3 is 0 Å². The van der Waals surface area contributed by atoms with Crippen LogP contribution in [-0.4, -0.2) is 6.54 Å². The molecule has 1 heteroatoms. The lowest BCUT2D eigenvalue weighted by molar-refractivity contribution is 0.718. The smallest absolute Gasteiger partial charge is 0.0372 e. The first-order valence-corrected chi connectivity index (χ1v) is 5.70. The number of benzene rings is 1. The molecular formula is C13H21N. The number of hydrogen-bond acceptors (Lipinski definition) is 1. The fourth-order valence-corrected chi connectivity index (χ4v) is 1.67. The molecule has 0 saturated carbocycles. The summed E-state index contributed by atoms with van der Waals surface area (Å²) in [7, 11) is 0. The van der Waals surface area contributed by atoms with Gasteiger partial charge in [0.15, 0.2) is 0 Å². The summed E-state index contributed by atoms with van der Waals surface area (Å²) in [5.74, 6) is 0. The van der Waals surface area contributed by atoms with Crippen LogP contribution in [0.25, 0.3) is 0 Å². The maximum absolute atomic E-state index is 3.40. The van der Waals surface area contributed by atoms with E-state index >= 15 is 0 Å². The first kappa shape index (κ1) is 11.1. The van der Waals surface area contributed by atoms with E-state index in [-0.39, 0.29) is 0 Å². The predicted molar refractivity (Wildman–Crippen MR) is 63.8 cm³/mol. The van der Waals surface area contributed by atoms with Gasteiger partial charge in [0.05, 0.1) is 0 Å². The summed E-state index contributed by atoms with van der Waals surface area (Å²) < 4.78 is 0. The first-order chi connectivity index (χ1) is 6.88. The fraction of sp³-hybridized carbons (Fsp3) is 0.538. The Hall–Kier alpha value is -0.980. The van der Waals surface area contributed by atoms with Crippen molar-refractivity contribution in [3.63, 3.8) is 0 Å². The molecule has 0 bridgehead atoms. The maximum Gasteiger partial charge on any atom is 0.0372 e. The Balaban J connectivity index is 2.55. The van der Waals surface area contributed by atoms with Crippen LogP contribution in [0.15, 0.2) is 24.3 Å². The molecule has 0 fully saturated rings. The van der Waals surface area contributed by atoms with Crippen molar-refractivity contribution in [3.05, 3.63) is 29.8 Å². The zero-order chi connectivity index (χ0) is 10.2. The molecule has 1 rings (SSSR count). The van der Waals surface area contributed by atoms with Crippen LogP contribution in [0.2, 0.25) is 0 Å². The van der Waals surface area contributed by atoms with Crippen LogP contribution in [0.5, 0.6) is 0 Å². The Morgan fingerprint density at radius 3 is 2.57 bits per heavy atom. The third kappa shape index (κ3) is 3.41. The predicted octanol–water partition coefficient (Wildman–Crippen LogP) is 3.85.